The Bertz CT molecular complexity index is 457. The largest absolute Gasteiger partial charge is 0.393 e. The molecule has 2 rings (SSSR count). The molecule has 0 bridgehead atoms. The number of aryl methyl sites for hydroxylation is 2. The van der Waals surface area contributed by atoms with Crippen molar-refractivity contribution < 1.29 is 5.11 Å². The zero-order valence-electron chi connectivity index (χ0n) is 9.25. The van der Waals surface area contributed by atoms with Gasteiger partial charge in [0, 0.05) is 17.1 Å². The molecular formula is C13H17NO. The lowest BCUT2D eigenvalue weighted by molar-refractivity contribution is 0.185. The monoisotopic (exact) mass is 203 g/mol. The van der Waals surface area contributed by atoms with Gasteiger partial charge in [0.15, 0.2) is 0 Å². The van der Waals surface area contributed by atoms with Gasteiger partial charge in [0.1, 0.15) is 0 Å². The van der Waals surface area contributed by atoms with E-state index < -0.39 is 0 Å². The molecule has 1 heterocycles. The lowest BCUT2D eigenvalue weighted by atomic mass is 10.0. The summed E-state index contributed by atoms with van der Waals surface area (Å²) in [5.74, 6) is 0. The second kappa shape index (κ2) is 4.07. The van der Waals surface area contributed by atoms with E-state index in [1.54, 1.807) is 0 Å². The van der Waals surface area contributed by atoms with Crippen molar-refractivity contribution in [1.82, 2.24) is 4.98 Å². The van der Waals surface area contributed by atoms with Gasteiger partial charge in [-0.05, 0) is 37.8 Å². The summed E-state index contributed by atoms with van der Waals surface area (Å²) < 4.78 is 0. The second-order valence-electron chi connectivity index (χ2n) is 4.20. The van der Waals surface area contributed by atoms with Crippen molar-refractivity contribution in [2.45, 2.75) is 32.8 Å². The molecule has 1 aromatic carbocycles. The van der Waals surface area contributed by atoms with E-state index in [1.165, 1.54) is 22.0 Å². The molecule has 2 heteroatoms. The molecule has 1 aromatic heterocycles. The Morgan fingerprint density at radius 1 is 1.40 bits per heavy atom. The highest BCUT2D eigenvalue weighted by molar-refractivity contribution is 5.85. The van der Waals surface area contributed by atoms with E-state index in [0.29, 0.717) is 0 Å². The average molecular weight is 203 g/mol. The van der Waals surface area contributed by atoms with Gasteiger partial charge in [0.25, 0.3) is 0 Å². The molecule has 15 heavy (non-hydrogen) atoms. The van der Waals surface area contributed by atoms with Crippen LogP contribution in [0.5, 0.6) is 0 Å². The first-order valence-electron chi connectivity index (χ1n) is 5.42. The van der Waals surface area contributed by atoms with Crippen LogP contribution in [-0.4, -0.2) is 16.2 Å². The smallest absolute Gasteiger partial charge is 0.0515 e. The quantitative estimate of drug-likeness (QED) is 0.790. The Morgan fingerprint density at radius 3 is 2.93 bits per heavy atom. The van der Waals surface area contributed by atoms with Gasteiger partial charge < -0.3 is 10.1 Å². The number of benzene rings is 1. The minimum atomic E-state index is -0.222. The molecule has 0 aliphatic rings. The maximum absolute atomic E-state index is 9.27. The summed E-state index contributed by atoms with van der Waals surface area (Å²) >= 11 is 0. The Hall–Kier alpha value is -1.28. The van der Waals surface area contributed by atoms with Crippen LogP contribution in [0.2, 0.25) is 0 Å². The average Bonchev–Trinajstić information content (AvgIpc) is 2.59. The SMILES string of the molecule is Cc1cccc2c(CCC(C)O)c[nH]c12. The molecule has 0 aliphatic carbocycles. The number of para-hydroxylation sites is 1. The van der Waals surface area contributed by atoms with E-state index in [1.807, 2.05) is 6.92 Å². The van der Waals surface area contributed by atoms with E-state index in [9.17, 15) is 5.11 Å². The Labute approximate surface area is 89.9 Å². The lowest BCUT2D eigenvalue weighted by Crippen LogP contribution is -2.00. The van der Waals surface area contributed by atoms with Crippen molar-refractivity contribution in [2.24, 2.45) is 0 Å². The van der Waals surface area contributed by atoms with Crippen LogP contribution in [0.3, 0.4) is 0 Å². The number of aliphatic hydroxyl groups excluding tert-OH is 1. The predicted octanol–water partition coefficient (Wildman–Crippen LogP) is 2.79. The van der Waals surface area contributed by atoms with E-state index in [2.05, 4.69) is 36.3 Å². The van der Waals surface area contributed by atoms with Gasteiger partial charge in [-0.15, -0.1) is 0 Å². The minimum absolute atomic E-state index is 0.222. The van der Waals surface area contributed by atoms with Crippen molar-refractivity contribution in [3.63, 3.8) is 0 Å². The first kappa shape index (κ1) is 10.2. The summed E-state index contributed by atoms with van der Waals surface area (Å²) in [4.78, 5) is 3.30. The van der Waals surface area contributed by atoms with E-state index in [4.69, 9.17) is 0 Å². The molecule has 0 aliphatic heterocycles. The number of fused-ring (bicyclic) bond motifs is 1. The number of rotatable bonds is 3. The summed E-state index contributed by atoms with van der Waals surface area (Å²) in [6, 6.07) is 6.32. The number of H-pyrrole nitrogens is 1. The molecule has 1 unspecified atom stereocenters. The van der Waals surface area contributed by atoms with Crippen LogP contribution in [0, 0.1) is 6.92 Å². The molecule has 1 atom stereocenters. The van der Waals surface area contributed by atoms with Gasteiger partial charge >= 0.3 is 0 Å². The third-order valence-electron chi connectivity index (χ3n) is 2.84. The first-order chi connectivity index (χ1) is 7.18. The van der Waals surface area contributed by atoms with E-state index in [0.717, 1.165) is 12.8 Å². The summed E-state index contributed by atoms with van der Waals surface area (Å²) in [6.45, 7) is 3.94. The molecule has 0 saturated carbocycles. The lowest BCUT2D eigenvalue weighted by Gasteiger charge is -2.02. The van der Waals surface area contributed by atoms with Gasteiger partial charge in [0.05, 0.1) is 6.10 Å². The number of aromatic nitrogens is 1. The van der Waals surface area contributed by atoms with Gasteiger partial charge in [-0.3, -0.25) is 0 Å². The van der Waals surface area contributed by atoms with Crippen LogP contribution in [0.1, 0.15) is 24.5 Å². The molecule has 2 aromatic rings. The molecule has 0 amide bonds. The summed E-state index contributed by atoms with van der Waals surface area (Å²) in [5.41, 5.74) is 3.79. The van der Waals surface area contributed by atoms with Crippen molar-refractivity contribution in [3.05, 3.63) is 35.5 Å². The highest BCUT2D eigenvalue weighted by Crippen LogP contribution is 2.22. The van der Waals surface area contributed by atoms with Crippen molar-refractivity contribution >= 4 is 10.9 Å². The number of hydrogen-bond donors (Lipinski definition) is 2. The maximum atomic E-state index is 9.27. The molecule has 2 nitrogen and oxygen atoms in total. The predicted molar refractivity (Wildman–Crippen MR) is 63.0 cm³/mol. The third-order valence-corrected chi connectivity index (χ3v) is 2.84. The summed E-state index contributed by atoms with van der Waals surface area (Å²) in [6.07, 6.45) is 3.59. The first-order valence-corrected chi connectivity index (χ1v) is 5.42. The number of aliphatic hydroxyl groups is 1. The minimum Gasteiger partial charge on any atom is -0.393 e. The maximum Gasteiger partial charge on any atom is 0.0515 e. The zero-order chi connectivity index (χ0) is 10.8. The van der Waals surface area contributed by atoms with Gasteiger partial charge in [0.2, 0.25) is 0 Å². The van der Waals surface area contributed by atoms with Gasteiger partial charge in [-0.25, -0.2) is 0 Å². The van der Waals surface area contributed by atoms with Crippen molar-refractivity contribution in [1.29, 1.82) is 0 Å². The fraction of sp³-hybridized carbons (Fsp3) is 0.385. The molecule has 0 radical (unpaired) electrons. The van der Waals surface area contributed by atoms with Gasteiger partial charge in [-0.1, -0.05) is 18.2 Å². The second-order valence-corrected chi connectivity index (χ2v) is 4.20. The van der Waals surface area contributed by atoms with E-state index >= 15 is 0 Å². The number of hydrogen-bond acceptors (Lipinski definition) is 1. The van der Waals surface area contributed by atoms with Crippen LogP contribution >= 0.6 is 0 Å². The van der Waals surface area contributed by atoms with Crippen LogP contribution in [-0.2, 0) is 6.42 Å². The molecule has 0 fully saturated rings. The van der Waals surface area contributed by atoms with Crippen molar-refractivity contribution in [2.75, 3.05) is 0 Å². The standard InChI is InChI=1S/C13H17NO/c1-9-4-3-5-12-11(7-6-10(2)15)8-14-13(9)12/h3-5,8,10,14-15H,6-7H2,1-2H3. The highest BCUT2D eigenvalue weighted by Gasteiger charge is 2.05. The van der Waals surface area contributed by atoms with Crippen LogP contribution in [0.15, 0.2) is 24.4 Å². The molecule has 2 N–H and O–H groups in total. The molecular weight excluding hydrogens is 186 g/mol. The van der Waals surface area contributed by atoms with Crippen LogP contribution in [0.25, 0.3) is 10.9 Å². The van der Waals surface area contributed by atoms with Crippen LogP contribution in [0.4, 0.5) is 0 Å². The van der Waals surface area contributed by atoms with E-state index in [-0.39, 0.29) is 6.10 Å². The van der Waals surface area contributed by atoms with Gasteiger partial charge in [-0.2, -0.15) is 0 Å². The topological polar surface area (TPSA) is 36.0 Å². The highest BCUT2D eigenvalue weighted by atomic mass is 16.3. The summed E-state index contributed by atoms with van der Waals surface area (Å²) in [7, 11) is 0. The summed E-state index contributed by atoms with van der Waals surface area (Å²) in [5, 5.41) is 10.6. The Morgan fingerprint density at radius 2 is 2.20 bits per heavy atom. The molecule has 80 valence electrons. The van der Waals surface area contributed by atoms with Crippen LogP contribution < -0.4 is 0 Å². The normalized spacial score (nSPS) is 13.3. The Balaban J connectivity index is 2.33. The Kier molecular flexibility index (Phi) is 2.78. The molecule has 0 saturated heterocycles. The fourth-order valence-corrected chi connectivity index (χ4v) is 1.94. The third kappa shape index (κ3) is 2.05. The van der Waals surface area contributed by atoms with Crippen molar-refractivity contribution in [3.8, 4) is 0 Å². The zero-order valence-corrected chi connectivity index (χ0v) is 9.25. The fourth-order valence-electron chi connectivity index (χ4n) is 1.94. The number of nitrogens with one attached hydrogen (secondary N) is 1. The number of aromatic amines is 1. The molecule has 0 spiro atoms.